The lowest BCUT2D eigenvalue weighted by Crippen LogP contribution is -2.17. The summed E-state index contributed by atoms with van der Waals surface area (Å²) in [5.74, 6) is -0.566. The van der Waals surface area contributed by atoms with Gasteiger partial charge in [0.25, 0.3) is 5.91 Å². The number of nitrogens with one attached hydrogen (secondary N) is 1. The number of aromatic nitrogens is 2. The van der Waals surface area contributed by atoms with Crippen LogP contribution >= 0.6 is 11.6 Å². The number of amides is 1. The van der Waals surface area contributed by atoms with E-state index in [1.54, 1.807) is 24.3 Å². The van der Waals surface area contributed by atoms with E-state index in [0.29, 0.717) is 5.69 Å². The van der Waals surface area contributed by atoms with Crippen LogP contribution in [0.2, 0.25) is 5.15 Å². The van der Waals surface area contributed by atoms with E-state index in [1.165, 1.54) is 0 Å². The van der Waals surface area contributed by atoms with E-state index >= 15 is 0 Å². The summed E-state index contributed by atoms with van der Waals surface area (Å²) >= 11 is 5.70. The van der Waals surface area contributed by atoms with Crippen molar-refractivity contribution >= 4 is 34.8 Å². The summed E-state index contributed by atoms with van der Waals surface area (Å²) in [6.07, 6.45) is 0. The zero-order chi connectivity index (χ0) is 13.1. The van der Waals surface area contributed by atoms with Crippen molar-refractivity contribution < 1.29 is 4.79 Å². The van der Waals surface area contributed by atoms with Gasteiger partial charge in [0.2, 0.25) is 0 Å². The lowest BCUT2D eigenvalue weighted by Gasteiger charge is -2.07. The third kappa shape index (κ3) is 2.49. The quantitative estimate of drug-likeness (QED) is 0.762. The number of para-hydroxylation sites is 1. The van der Waals surface area contributed by atoms with Gasteiger partial charge in [-0.2, -0.15) is 0 Å². The van der Waals surface area contributed by atoms with Gasteiger partial charge in [-0.25, -0.2) is 9.97 Å². The molecule has 92 valence electrons. The van der Waals surface area contributed by atoms with E-state index in [1.807, 2.05) is 6.07 Å². The van der Waals surface area contributed by atoms with Gasteiger partial charge < -0.3 is 16.8 Å². The standard InChI is InChI=1S/C11H10ClN5O/c12-8-10(14)17-9(13)7(16-8)11(18)15-6-4-2-1-3-5-6/h1-5H,(H,15,18)(H4,13,14,17). The van der Waals surface area contributed by atoms with Crippen LogP contribution in [0.15, 0.2) is 30.3 Å². The smallest absolute Gasteiger partial charge is 0.278 e. The van der Waals surface area contributed by atoms with E-state index in [-0.39, 0.29) is 22.5 Å². The summed E-state index contributed by atoms with van der Waals surface area (Å²) in [4.78, 5) is 19.5. The van der Waals surface area contributed by atoms with Crippen molar-refractivity contribution in [3.8, 4) is 0 Å². The maximum Gasteiger partial charge on any atom is 0.278 e. The van der Waals surface area contributed by atoms with Crippen LogP contribution in [0.1, 0.15) is 10.5 Å². The minimum absolute atomic E-state index is 0.00886. The van der Waals surface area contributed by atoms with Crippen LogP contribution in [-0.2, 0) is 0 Å². The fourth-order valence-electron chi connectivity index (χ4n) is 1.32. The van der Waals surface area contributed by atoms with Crippen LogP contribution in [-0.4, -0.2) is 15.9 Å². The number of hydrogen-bond acceptors (Lipinski definition) is 5. The number of benzene rings is 1. The second kappa shape index (κ2) is 4.89. The first-order valence-electron chi connectivity index (χ1n) is 5.03. The lowest BCUT2D eigenvalue weighted by atomic mass is 10.3. The summed E-state index contributed by atoms with van der Waals surface area (Å²) < 4.78 is 0. The lowest BCUT2D eigenvalue weighted by molar-refractivity contribution is 0.102. The molecule has 0 spiro atoms. The Balaban J connectivity index is 2.27. The Hall–Kier alpha value is -2.34. The van der Waals surface area contributed by atoms with E-state index in [4.69, 9.17) is 23.1 Å². The Labute approximate surface area is 108 Å². The van der Waals surface area contributed by atoms with Crippen molar-refractivity contribution in [2.45, 2.75) is 0 Å². The molecule has 0 unspecified atom stereocenters. The third-order valence-corrected chi connectivity index (χ3v) is 2.43. The molecule has 0 aliphatic heterocycles. The Morgan fingerprint density at radius 1 is 1.11 bits per heavy atom. The van der Waals surface area contributed by atoms with Crippen LogP contribution in [0.3, 0.4) is 0 Å². The number of anilines is 3. The van der Waals surface area contributed by atoms with Gasteiger partial charge in [0, 0.05) is 5.69 Å². The second-order valence-electron chi connectivity index (χ2n) is 3.45. The number of nitrogen functional groups attached to an aromatic ring is 2. The average molecular weight is 264 g/mol. The first-order valence-corrected chi connectivity index (χ1v) is 5.40. The van der Waals surface area contributed by atoms with Crippen LogP contribution in [0.25, 0.3) is 0 Å². The number of halogens is 1. The molecule has 0 saturated heterocycles. The van der Waals surface area contributed by atoms with Crippen molar-refractivity contribution in [1.29, 1.82) is 0 Å². The largest absolute Gasteiger partial charge is 0.382 e. The molecule has 2 aromatic rings. The van der Waals surface area contributed by atoms with E-state index < -0.39 is 5.91 Å². The molecule has 0 bridgehead atoms. The van der Waals surface area contributed by atoms with Crippen LogP contribution in [0, 0.1) is 0 Å². The molecule has 1 aromatic carbocycles. The molecule has 18 heavy (non-hydrogen) atoms. The Morgan fingerprint density at radius 3 is 2.44 bits per heavy atom. The number of hydrogen-bond donors (Lipinski definition) is 3. The summed E-state index contributed by atoms with van der Waals surface area (Å²) in [6, 6.07) is 8.89. The fourth-order valence-corrected chi connectivity index (χ4v) is 1.45. The molecular formula is C11H10ClN5O. The van der Waals surface area contributed by atoms with Crippen molar-refractivity contribution in [2.24, 2.45) is 0 Å². The summed E-state index contributed by atoms with van der Waals surface area (Å²) in [7, 11) is 0. The molecule has 0 saturated carbocycles. The molecule has 5 N–H and O–H groups in total. The normalized spacial score (nSPS) is 10.1. The second-order valence-corrected chi connectivity index (χ2v) is 3.81. The SMILES string of the molecule is Nc1nc(N)c(C(=O)Nc2ccccc2)nc1Cl. The number of nitrogens with zero attached hydrogens (tertiary/aromatic N) is 2. The maximum absolute atomic E-state index is 11.9. The number of rotatable bonds is 2. The topological polar surface area (TPSA) is 107 Å². The molecule has 6 nitrogen and oxygen atoms in total. The van der Waals surface area contributed by atoms with Gasteiger partial charge in [-0.05, 0) is 12.1 Å². The van der Waals surface area contributed by atoms with Crippen LogP contribution < -0.4 is 16.8 Å². The highest BCUT2D eigenvalue weighted by Crippen LogP contribution is 2.18. The van der Waals surface area contributed by atoms with E-state index in [2.05, 4.69) is 15.3 Å². The first kappa shape index (κ1) is 12.1. The van der Waals surface area contributed by atoms with Crippen LogP contribution in [0.4, 0.5) is 17.3 Å². The summed E-state index contributed by atoms with van der Waals surface area (Å²) in [5.41, 5.74) is 11.6. The Bertz CT molecular complexity index is 587. The zero-order valence-electron chi connectivity index (χ0n) is 9.22. The molecule has 2 rings (SSSR count). The molecule has 7 heteroatoms. The van der Waals surface area contributed by atoms with E-state index in [0.717, 1.165) is 0 Å². The molecule has 0 radical (unpaired) electrons. The van der Waals surface area contributed by atoms with Gasteiger partial charge in [0.1, 0.15) is 0 Å². The molecule has 1 aromatic heterocycles. The number of nitrogens with two attached hydrogens (primary N) is 2. The average Bonchev–Trinajstić information content (AvgIpc) is 2.35. The van der Waals surface area contributed by atoms with Crippen molar-refractivity contribution in [2.75, 3.05) is 16.8 Å². The highest BCUT2D eigenvalue weighted by molar-refractivity contribution is 6.31. The highest BCUT2D eigenvalue weighted by Gasteiger charge is 2.15. The monoisotopic (exact) mass is 263 g/mol. The third-order valence-electron chi connectivity index (χ3n) is 2.15. The molecule has 0 atom stereocenters. The summed E-state index contributed by atoms with van der Waals surface area (Å²) in [5, 5.41) is 2.57. The minimum atomic E-state index is -0.492. The van der Waals surface area contributed by atoms with Gasteiger partial charge >= 0.3 is 0 Å². The Kier molecular flexibility index (Phi) is 3.29. The molecular weight excluding hydrogens is 254 g/mol. The van der Waals surface area contributed by atoms with Gasteiger partial charge in [-0.1, -0.05) is 29.8 Å². The van der Waals surface area contributed by atoms with Crippen molar-refractivity contribution in [3.63, 3.8) is 0 Å². The van der Waals surface area contributed by atoms with Gasteiger partial charge in [-0.15, -0.1) is 0 Å². The molecule has 1 heterocycles. The highest BCUT2D eigenvalue weighted by atomic mass is 35.5. The fraction of sp³-hybridized carbons (Fsp3) is 0. The number of carbonyl (C=O) groups is 1. The van der Waals surface area contributed by atoms with Gasteiger partial charge in [0.05, 0.1) is 0 Å². The van der Waals surface area contributed by atoms with E-state index in [9.17, 15) is 4.79 Å². The van der Waals surface area contributed by atoms with Crippen LogP contribution in [0.5, 0.6) is 0 Å². The molecule has 0 fully saturated rings. The predicted molar refractivity (Wildman–Crippen MR) is 70.3 cm³/mol. The van der Waals surface area contributed by atoms with Gasteiger partial charge in [0.15, 0.2) is 22.5 Å². The predicted octanol–water partition coefficient (Wildman–Crippen LogP) is 1.55. The molecule has 0 aliphatic carbocycles. The van der Waals surface area contributed by atoms with Gasteiger partial charge in [-0.3, -0.25) is 4.79 Å². The maximum atomic E-state index is 11.9. The zero-order valence-corrected chi connectivity index (χ0v) is 9.98. The number of carbonyl (C=O) groups excluding carboxylic acids is 1. The summed E-state index contributed by atoms with van der Waals surface area (Å²) in [6.45, 7) is 0. The molecule has 1 amide bonds. The van der Waals surface area contributed by atoms with Crippen molar-refractivity contribution in [3.05, 3.63) is 41.2 Å². The Morgan fingerprint density at radius 2 is 1.78 bits per heavy atom. The molecule has 0 aliphatic rings. The minimum Gasteiger partial charge on any atom is -0.382 e. The van der Waals surface area contributed by atoms with Crippen molar-refractivity contribution in [1.82, 2.24) is 9.97 Å². The first-order chi connectivity index (χ1) is 8.58.